The smallest absolute Gasteiger partial charge is 0.435 e. The van der Waals surface area contributed by atoms with Crippen LogP contribution in [0.15, 0.2) is 36.5 Å². The lowest BCUT2D eigenvalue weighted by atomic mass is 10.1. The van der Waals surface area contributed by atoms with E-state index in [1.807, 2.05) is 12.3 Å². The first kappa shape index (κ1) is 24.1. The van der Waals surface area contributed by atoms with E-state index in [-0.39, 0.29) is 18.3 Å². The summed E-state index contributed by atoms with van der Waals surface area (Å²) in [6.45, 7) is 5.19. The zero-order valence-corrected chi connectivity index (χ0v) is 19.4. The van der Waals surface area contributed by atoms with Crippen LogP contribution in [-0.2, 0) is 17.5 Å². The second-order valence-corrected chi connectivity index (χ2v) is 9.22. The molecule has 34 heavy (non-hydrogen) atoms. The van der Waals surface area contributed by atoms with E-state index in [0.717, 1.165) is 27.9 Å². The van der Waals surface area contributed by atoms with Crippen LogP contribution >= 0.6 is 11.3 Å². The summed E-state index contributed by atoms with van der Waals surface area (Å²) in [5.41, 5.74) is 0.205. The van der Waals surface area contributed by atoms with Gasteiger partial charge in [-0.05, 0) is 36.2 Å². The van der Waals surface area contributed by atoms with Crippen LogP contribution in [0.4, 0.5) is 13.2 Å². The maximum Gasteiger partial charge on any atom is 0.435 e. The van der Waals surface area contributed by atoms with Crippen molar-refractivity contribution in [3.8, 4) is 16.3 Å². The lowest BCUT2D eigenvalue weighted by Gasteiger charge is -2.14. The van der Waals surface area contributed by atoms with Crippen LogP contribution in [0.2, 0.25) is 0 Å². The summed E-state index contributed by atoms with van der Waals surface area (Å²) in [5.74, 6) is 0.430. The summed E-state index contributed by atoms with van der Waals surface area (Å²) >= 11 is 1.55. The number of ether oxygens (including phenoxy) is 2. The monoisotopic (exact) mass is 492 g/mol. The van der Waals surface area contributed by atoms with Gasteiger partial charge in [-0.25, -0.2) is 4.98 Å². The largest absolute Gasteiger partial charge is 0.488 e. The number of carbonyl (C=O) groups excluding carboxylic acids is 1. The number of nitrogens with one attached hydrogen (secondary N) is 1. The van der Waals surface area contributed by atoms with Crippen molar-refractivity contribution in [2.45, 2.75) is 45.0 Å². The highest BCUT2D eigenvalue weighted by atomic mass is 32.1. The molecule has 4 rings (SSSR count). The van der Waals surface area contributed by atoms with Crippen LogP contribution in [0.5, 0.6) is 5.75 Å². The van der Waals surface area contributed by atoms with E-state index >= 15 is 0 Å². The van der Waals surface area contributed by atoms with Crippen molar-refractivity contribution in [3.05, 3.63) is 58.4 Å². The number of nitrogens with zero attached hydrogens (tertiary/aromatic N) is 3. The first-order valence-electron chi connectivity index (χ1n) is 10.7. The number of rotatable bonds is 7. The topological polar surface area (TPSA) is 86.2 Å². The second kappa shape index (κ2) is 10.1. The van der Waals surface area contributed by atoms with E-state index in [1.165, 1.54) is 6.07 Å². The first-order valence-corrected chi connectivity index (χ1v) is 11.5. The molecule has 3 heterocycles. The molecular formula is C23H23F3N4O3S. The first-order chi connectivity index (χ1) is 16.2. The molecular weight excluding hydrogens is 469 g/mol. The van der Waals surface area contributed by atoms with Crippen LogP contribution < -0.4 is 10.1 Å². The SMILES string of the molecule is CC(C)c1cnc(-c2cc(OC3CCOC3)cc(C(=O)NCc3ccc(C(F)(F)F)nn3)c2)s1. The zero-order valence-electron chi connectivity index (χ0n) is 18.6. The number of aromatic nitrogens is 3. The van der Waals surface area contributed by atoms with Crippen LogP contribution in [0.25, 0.3) is 10.6 Å². The van der Waals surface area contributed by atoms with E-state index in [0.29, 0.717) is 30.4 Å². The predicted molar refractivity (Wildman–Crippen MR) is 120 cm³/mol. The minimum Gasteiger partial charge on any atom is -0.488 e. The molecule has 1 aliphatic rings. The third-order valence-corrected chi connectivity index (χ3v) is 6.49. The maximum atomic E-state index is 12.9. The Labute approximate surface area is 198 Å². The Morgan fingerprint density at radius 1 is 1.26 bits per heavy atom. The number of hydrogen-bond acceptors (Lipinski definition) is 7. The Morgan fingerprint density at radius 2 is 2.09 bits per heavy atom. The molecule has 1 aliphatic heterocycles. The third kappa shape index (κ3) is 5.89. The van der Waals surface area contributed by atoms with Crippen LogP contribution in [0.3, 0.4) is 0 Å². The van der Waals surface area contributed by atoms with Crippen molar-refractivity contribution in [2.24, 2.45) is 0 Å². The van der Waals surface area contributed by atoms with Crippen LogP contribution in [0.1, 0.15) is 52.8 Å². The van der Waals surface area contributed by atoms with Gasteiger partial charge in [0.05, 0.1) is 25.5 Å². The van der Waals surface area contributed by atoms with E-state index in [4.69, 9.17) is 9.47 Å². The molecule has 1 fully saturated rings. The molecule has 1 atom stereocenters. The predicted octanol–water partition coefficient (Wildman–Crippen LogP) is 4.84. The number of thiazole rings is 1. The quantitative estimate of drug-likeness (QED) is 0.508. The lowest BCUT2D eigenvalue weighted by molar-refractivity contribution is -0.141. The molecule has 1 saturated heterocycles. The average Bonchev–Trinajstić information content (AvgIpc) is 3.49. The molecule has 11 heteroatoms. The highest BCUT2D eigenvalue weighted by Gasteiger charge is 2.32. The van der Waals surface area contributed by atoms with Crippen molar-refractivity contribution < 1.29 is 27.4 Å². The molecule has 0 spiro atoms. The second-order valence-electron chi connectivity index (χ2n) is 8.16. The fourth-order valence-electron chi connectivity index (χ4n) is 3.29. The summed E-state index contributed by atoms with van der Waals surface area (Å²) in [4.78, 5) is 18.5. The molecule has 3 aromatic rings. The fourth-order valence-corrected chi connectivity index (χ4v) is 4.19. The van der Waals surface area contributed by atoms with E-state index < -0.39 is 17.8 Å². The van der Waals surface area contributed by atoms with Gasteiger partial charge in [0.1, 0.15) is 16.9 Å². The van der Waals surface area contributed by atoms with Crippen LogP contribution in [0, 0.1) is 0 Å². The summed E-state index contributed by atoms with van der Waals surface area (Å²) in [5, 5.41) is 10.2. The summed E-state index contributed by atoms with van der Waals surface area (Å²) in [6, 6.07) is 7.21. The summed E-state index contributed by atoms with van der Waals surface area (Å²) in [7, 11) is 0. The molecule has 2 aromatic heterocycles. The molecule has 7 nitrogen and oxygen atoms in total. The number of halogens is 3. The lowest BCUT2D eigenvalue weighted by Crippen LogP contribution is -2.24. The Hall–Kier alpha value is -3.05. The van der Waals surface area contributed by atoms with Crippen molar-refractivity contribution in [3.63, 3.8) is 0 Å². The van der Waals surface area contributed by atoms with E-state index in [9.17, 15) is 18.0 Å². The minimum absolute atomic E-state index is 0.0738. The molecule has 0 aliphatic carbocycles. The van der Waals surface area contributed by atoms with Gasteiger partial charge in [0.2, 0.25) is 0 Å². The van der Waals surface area contributed by atoms with Crippen molar-refractivity contribution in [1.82, 2.24) is 20.5 Å². The average molecular weight is 493 g/mol. The molecule has 1 aromatic carbocycles. The van der Waals surface area contributed by atoms with Crippen LogP contribution in [-0.4, -0.2) is 40.4 Å². The Bertz CT molecular complexity index is 1140. The van der Waals surface area contributed by atoms with Gasteiger partial charge in [0.25, 0.3) is 5.91 Å². The number of hydrogen-bond donors (Lipinski definition) is 1. The van der Waals surface area contributed by atoms with Gasteiger partial charge in [0.15, 0.2) is 5.69 Å². The van der Waals surface area contributed by atoms with E-state index in [2.05, 4.69) is 34.3 Å². The van der Waals surface area contributed by atoms with Gasteiger partial charge in [-0.2, -0.15) is 18.3 Å². The normalized spacial score (nSPS) is 16.1. The van der Waals surface area contributed by atoms with Gasteiger partial charge in [-0.15, -0.1) is 16.4 Å². The number of amides is 1. The van der Waals surface area contributed by atoms with Gasteiger partial charge >= 0.3 is 6.18 Å². The van der Waals surface area contributed by atoms with Gasteiger partial charge < -0.3 is 14.8 Å². The van der Waals surface area contributed by atoms with Crippen molar-refractivity contribution in [1.29, 1.82) is 0 Å². The maximum absolute atomic E-state index is 12.9. The molecule has 180 valence electrons. The third-order valence-electron chi connectivity index (χ3n) is 5.14. The molecule has 1 unspecified atom stereocenters. The molecule has 0 radical (unpaired) electrons. The Morgan fingerprint density at radius 3 is 2.71 bits per heavy atom. The fraction of sp³-hybridized carbons (Fsp3) is 0.391. The van der Waals surface area contributed by atoms with Gasteiger partial charge in [-0.3, -0.25) is 4.79 Å². The summed E-state index contributed by atoms with van der Waals surface area (Å²) < 4.78 is 49.4. The zero-order chi connectivity index (χ0) is 24.3. The highest BCUT2D eigenvalue weighted by molar-refractivity contribution is 7.15. The van der Waals surface area contributed by atoms with Crippen molar-refractivity contribution in [2.75, 3.05) is 13.2 Å². The Kier molecular flexibility index (Phi) is 7.13. The number of carbonyl (C=O) groups is 1. The van der Waals surface area contributed by atoms with Crippen molar-refractivity contribution >= 4 is 17.2 Å². The van der Waals surface area contributed by atoms with Gasteiger partial charge in [-0.1, -0.05) is 13.8 Å². The van der Waals surface area contributed by atoms with E-state index in [1.54, 1.807) is 23.5 Å². The molecule has 0 bridgehead atoms. The molecule has 1 N–H and O–H groups in total. The highest BCUT2D eigenvalue weighted by Crippen LogP contribution is 2.33. The number of alkyl halides is 3. The Balaban J connectivity index is 1.54. The van der Waals surface area contributed by atoms with Gasteiger partial charge in [0, 0.05) is 28.6 Å². The molecule has 1 amide bonds. The summed E-state index contributed by atoms with van der Waals surface area (Å²) in [6.07, 6.45) is -2.09. The standard InChI is InChI=1S/C23H23F3N4O3S/c1-13(2)19-11-28-22(34-19)15-7-14(8-18(9-15)33-17-5-6-32-12-17)21(31)27-10-16-3-4-20(30-29-16)23(24,25)26/h3-4,7-9,11,13,17H,5-6,10,12H2,1-2H3,(H,27,31). The number of benzene rings is 1. The minimum atomic E-state index is -4.57. The molecule has 0 saturated carbocycles.